The van der Waals surface area contributed by atoms with E-state index in [1.807, 2.05) is 6.07 Å². The summed E-state index contributed by atoms with van der Waals surface area (Å²) in [6.45, 7) is 1.14. The number of ether oxygens (including phenoxy) is 1. The molecular weight excluding hydrogens is 478 g/mol. The third kappa shape index (κ3) is 5.66. The van der Waals surface area contributed by atoms with Crippen LogP contribution in [-0.4, -0.2) is 70.2 Å². The highest BCUT2D eigenvalue weighted by Gasteiger charge is 2.32. The molecule has 0 aromatic heterocycles. The molecule has 2 fully saturated rings. The van der Waals surface area contributed by atoms with Crippen molar-refractivity contribution in [2.45, 2.75) is 41.6 Å². The summed E-state index contributed by atoms with van der Waals surface area (Å²) in [5.74, 6) is -0.471. The average Bonchev–Trinajstić information content (AvgIpc) is 3.54. The Bertz CT molecular complexity index is 1190. The molecule has 1 amide bonds. The second-order valence-corrected chi connectivity index (χ2v) is 12.3. The smallest absolute Gasteiger partial charge is 0.243 e. The van der Waals surface area contributed by atoms with Crippen molar-refractivity contribution in [2.75, 3.05) is 38.1 Å². The van der Waals surface area contributed by atoms with E-state index in [-0.39, 0.29) is 29.0 Å². The van der Waals surface area contributed by atoms with Gasteiger partial charge in [0.15, 0.2) is 0 Å². The van der Waals surface area contributed by atoms with Crippen LogP contribution in [0.4, 0.5) is 5.69 Å². The first-order chi connectivity index (χ1) is 16.3. The fourth-order valence-corrected chi connectivity index (χ4v) is 7.10. The maximum atomic E-state index is 13.5. The Kier molecular flexibility index (Phi) is 7.68. The van der Waals surface area contributed by atoms with E-state index in [1.165, 1.54) is 28.6 Å². The number of rotatable bonds is 9. The minimum atomic E-state index is -4.07. The van der Waals surface area contributed by atoms with Crippen LogP contribution in [0.1, 0.15) is 25.7 Å². The Hall–Kier alpha value is -2.31. The fourth-order valence-electron chi connectivity index (χ4n) is 4.16. The zero-order chi connectivity index (χ0) is 24.2. The van der Waals surface area contributed by atoms with E-state index in [4.69, 9.17) is 4.74 Å². The molecule has 4 rings (SSSR count). The van der Waals surface area contributed by atoms with Crippen molar-refractivity contribution < 1.29 is 26.4 Å². The number of carbonyl (C=O) groups excluding carboxylic acids is 1. The molecule has 0 unspecified atom stereocenters. The Balaban J connectivity index is 1.54. The molecule has 1 atom stereocenters. The second-order valence-electron chi connectivity index (χ2n) is 8.43. The molecule has 2 aromatic carbocycles. The van der Waals surface area contributed by atoms with Gasteiger partial charge in [0, 0.05) is 31.9 Å². The number of hydrogen-bond donors (Lipinski definition) is 1. The lowest BCUT2D eigenvalue weighted by atomic mass is 10.2. The molecule has 2 aromatic rings. The Morgan fingerprint density at radius 2 is 1.59 bits per heavy atom. The van der Waals surface area contributed by atoms with Gasteiger partial charge in [-0.1, -0.05) is 18.2 Å². The number of anilines is 1. The third-order valence-corrected chi connectivity index (χ3v) is 9.71. The van der Waals surface area contributed by atoms with E-state index in [0.717, 1.165) is 23.6 Å². The number of carbonyl (C=O) groups is 1. The maximum absolute atomic E-state index is 13.5. The molecule has 0 bridgehead atoms. The van der Waals surface area contributed by atoms with E-state index < -0.39 is 26.0 Å². The second kappa shape index (κ2) is 10.5. The highest BCUT2D eigenvalue weighted by Crippen LogP contribution is 2.25. The van der Waals surface area contributed by atoms with Gasteiger partial charge in [0.2, 0.25) is 26.0 Å². The molecule has 11 heteroatoms. The van der Waals surface area contributed by atoms with Gasteiger partial charge in [-0.25, -0.2) is 16.8 Å². The van der Waals surface area contributed by atoms with Gasteiger partial charge < -0.3 is 10.1 Å². The summed E-state index contributed by atoms with van der Waals surface area (Å²) in [5.41, 5.74) is 0.568. The van der Waals surface area contributed by atoms with Crippen LogP contribution >= 0.6 is 0 Å². The monoisotopic (exact) mass is 507 g/mol. The van der Waals surface area contributed by atoms with Gasteiger partial charge in [0.1, 0.15) is 0 Å². The Labute approximate surface area is 200 Å². The summed E-state index contributed by atoms with van der Waals surface area (Å²) < 4.78 is 60.6. The van der Waals surface area contributed by atoms with Crippen molar-refractivity contribution in [1.82, 2.24) is 8.61 Å². The number of sulfonamides is 2. The lowest BCUT2D eigenvalue weighted by Crippen LogP contribution is -2.42. The number of nitrogens with zero attached hydrogens (tertiary/aromatic N) is 2. The zero-order valence-electron chi connectivity index (χ0n) is 18.8. The summed E-state index contributed by atoms with van der Waals surface area (Å²) >= 11 is 0. The van der Waals surface area contributed by atoms with Crippen LogP contribution in [0.3, 0.4) is 0 Å². The predicted octanol–water partition coefficient (Wildman–Crippen LogP) is 2.28. The topological polar surface area (TPSA) is 113 Å². The molecule has 0 radical (unpaired) electrons. The summed E-state index contributed by atoms with van der Waals surface area (Å²) in [6.07, 6.45) is 2.87. The molecule has 34 heavy (non-hydrogen) atoms. The lowest BCUT2D eigenvalue weighted by Gasteiger charge is -2.24. The van der Waals surface area contributed by atoms with Crippen molar-refractivity contribution in [3.63, 3.8) is 0 Å². The van der Waals surface area contributed by atoms with Crippen molar-refractivity contribution in [3.05, 3.63) is 54.6 Å². The SMILES string of the molecule is O=C(CN(C[C@H]1CCCO1)S(=O)(=O)c1ccc(S(=O)(=O)N2CCCC2)cc1)Nc1ccccc1. The van der Waals surface area contributed by atoms with Gasteiger partial charge >= 0.3 is 0 Å². The van der Waals surface area contributed by atoms with Crippen LogP contribution in [0.25, 0.3) is 0 Å². The average molecular weight is 508 g/mol. The molecule has 1 N–H and O–H groups in total. The zero-order valence-corrected chi connectivity index (χ0v) is 20.4. The van der Waals surface area contributed by atoms with Gasteiger partial charge in [-0.2, -0.15) is 8.61 Å². The van der Waals surface area contributed by atoms with Gasteiger partial charge in [-0.3, -0.25) is 4.79 Å². The van der Waals surface area contributed by atoms with Gasteiger partial charge in [-0.15, -0.1) is 0 Å². The van der Waals surface area contributed by atoms with Crippen LogP contribution in [0, 0.1) is 0 Å². The molecule has 0 aliphatic carbocycles. The number of benzene rings is 2. The van der Waals surface area contributed by atoms with E-state index in [0.29, 0.717) is 31.8 Å². The molecule has 2 heterocycles. The first-order valence-electron chi connectivity index (χ1n) is 11.3. The first kappa shape index (κ1) is 24.8. The van der Waals surface area contributed by atoms with Crippen LogP contribution in [0.2, 0.25) is 0 Å². The van der Waals surface area contributed by atoms with Crippen molar-refractivity contribution in [2.24, 2.45) is 0 Å². The standard InChI is InChI=1S/C23H29N3O6S2/c27-23(24-19-7-2-1-3-8-19)18-26(17-20-9-6-16-32-20)34(30,31)22-12-10-21(11-13-22)33(28,29)25-14-4-5-15-25/h1-3,7-8,10-13,20H,4-6,9,14-18H2,(H,24,27)/t20-/m1/s1. The summed E-state index contributed by atoms with van der Waals surface area (Å²) in [4.78, 5) is 12.6. The van der Waals surface area contributed by atoms with Gasteiger partial charge in [0.05, 0.1) is 22.4 Å². The first-order valence-corrected chi connectivity index (χ1v) is 14.2. The van der Waals surface area contributed by atoms with E-state index in [9.17, 15) is 21.6 Å². The van der Waals surface area contributed by atoms with Crippen molar-refractivity contribution in [1.29, 1.82) is 0 Å². The molecule has 0 saturated carbocycles. The summed E-state index contributed by atoms with van der Waals surface area (Å²) in [5, 5.41) is 2.71. The minimum Gasteiger partial charge on any atom is -0.377 e. The van der Waals surface area contributed by atoms with E-state index in [2.05, 4.69) is 5.32 Å². The number of nitrogens with one attached hydrogen (secondary N) is 1. The molecular formula is C23H29N3O6S2. The van der Waals surface area contributed by atoms with Gasteiger partial charge in [0.25, 0.3) is 0 Å². The third-order valence-electron chi connectivity index (χ3n) is 5.97. The number of hydrogen-bond acceptors (Lipinski definition) is 6. The number of amides is 1. The highest BCUT2D eigenvalue weighted by atomic mass is 32.2. The normalized spacial score (nSPS) is 19.5. The van der Waals surface area contributed by atoms with Crippen LogP contribution in [0.15, 0.2) is 64.4 Å². The van der Waals surface area contributed by atoms with Gasteiger partial charge in [-0.05, 0) is 62.1 Å². The van der Waals surface area contributed by atoms with Crippen LogP contribution in [-0.2, 0) is 29.6 Å². The van der Waals surface area contributed by atoms with E-state index in [1.54, 1.807) is 24.3 Å². The quantitative estimate of drug-likeness (QED) is 0.557. The largest absolute Gasteiger partial charge is 0.377 e. The Morgan fingerprint density at radius 1 is 0.941 bits per heavy atom. The highest BCUT2D eigenvalue weighted by molar-refractivity contribution is 7.89. The van der Waals surface area contributed by atoms with E-state index >= 15 is 0 Å². The summed E-state index contributed by atoms with van der Waals surface area (Å²) in [6, 6.07) is 14.0. The molecule has 184 valence electrons. The van der Waals surface area contributed by atoms with Crippen molar-refractivity contribution >= 4 is 31.6 Å². The predicted molar refractivity (Wildman–Crippen MR) is 127 cm³/mol. The molecule has 2 aliphatic heterocycles. The lowest BCUT2D eigenvalue weighted by molar-refractivity contribution is -0.116. The summed E-state index contributed by atoms with van der Waals surface area (Å²) in [7, 11) is -7.73. The van der Waals surface area contributed by atoms with Crippen molar-refractivity contribution in [3.8, 4) is 0 Å². The molecule has 2 aliphatic rings. The van der Waals surface area contributed by atoms with Crippen LogP contribution < -0.4 is 5.32 Å². The molecule has 9 nitrogen and oxygen atoms in total. The maximum Gasteiger partial charge on any atom is 0.243 e. The van der Waals surface area contributed by atoms with Crippen LogP contribution in [0.5, 0.6) is 0 Å². The minimum absolute atomic E-state index is 0.0401. The fraction of sp³-hybridized carbons (Fsp3) is 0.435. The molecule has 0 spiro atoms. The Morgan fingerprint density at radius 3 is 2.21 bits per heavy atom. The number of para-hydroxylation sites is 1. The molecule has 2 saturated heterocycles.